The SMILES string of the molecule is CN1C(=O)C(Nc2nc(NC3CC3)n3ncc(/C=C4\CC(=O)NC4=O)c3n2)c2ccccc21. The van der Waals surface area contributed by atoms with Crippen LogP contribution in [0.5, 0.6) is 0 Å². The van der Waals surface area contributed by atoms with Crippen molar-refractivity contribution in [2.24, 2.45) is 0 Å². The molecule has 11 heteroatoms. The van der Waals surface area contributed by atoms with Gasteiger partial charge < -0.3 is 15.5 Å². The number of nitrogens with one attached hydrogen (secondary N) is 3. The van der Waals surface area contributed by atoms with Crippen LogP contribution >= 0.6 is 0 Å². The molecule has 4 heterocycles. The van der Waals surface area contributed by atoms with E-state index >= 15 is 0 Å². The normalized spacial score (nSPS) is 21.1. The Kier molecular flexibility index (Phi) is 4.19. The summed E-state index contributed by atoms with van der Waals surface area (Å²) in [4.78, 5) is 47.3. The molecule has 1 unspecified atom stereocenters. The molecule has 166 valence electrons. The second-order valence-corrected chi connectivity index (χ2v) is 8.38. The molecule has 3 aromatic rings. The fourth-order valence-electron chi connectivity index (χ4n) is 4.12. The maximum atomic E-state index is 12.9. The van der Waals surface area contributed by atoms with Crippen LogP contribution in [-0.2, 0) is 14.4 Å². The maximum absolute atomic E-state index is 12.9. The summed E-state index contributed by atoms with van der Waals surface area (Å²) in [6.07, 6.45) is 5.28. The number of hydrogen-bond donors (Lipinski definition) is 3. The lowest BCUT2D eigenvalue weighted by Crippen LogP contribution is -2.28. The standard InChI is InChI=1S/C22H20N8O3/c1-29-15-5-3-2-4-14(15)17(20(29)33)26-21-27-18-12(8-11-9-16(31)25-19(11)32)10-23-30(18)22(28-21)24-13-6-7-13/h2-5,8,10,13,17H,6-7,9H2,1H3,(H,25,31,32)(H2,24,26,27,28)/b11-8+. The molecule has 1 atom stereocenters. The molecule has 2 aliphatic heterocycles. The predicted molar refractivity (Wildman–Crippen MR) is 119 cm³/mol. The fraction of sp³-hybridized carbons (Fsp3) is 0.273. The first-order chi connectivity index (χ1) is 16.0. The molecule has 0 bridgehead atoms. The Morgan fingerprint density at radius 1 is 1.12 bits per heavy atom. The summed E-state index contributed by atoms with van der Waals surface area (Å²) in [7, 11) is 1.74. The molecule has 6 rings (SSSR count). The zero-order valence-corrected chi connectivity index (χ0v) is 17.7. The van der Waals surface area contributed by atoms with Crippen molar-refractivity contribution in [2.75, 3.05) is 22.6 Å². The number of likely N-dealkylation sites (N-methyl/N-ethyl adjacent to an activating group) is 1. The molecule has 11 nitrogen and oxygen atoms in total. The van der Waals surface area contributed by atoms with E-state index in [-0.39, 0.29) is 24.2 Å². The van der Waals surface area contributed by atoms with Crippen molar-refractivity contribution < 1.29 is 14.4 Å². The number of para-hydroxylation sites is 1. The third kappa shape index (κ3) is 3.28. The summed E-state index contributed by atoms with van der Waals surface area (Å²) in [6.45, 7) is 0. The van der Waals surface area contributed by atoms with Crippen LogP contribution in [0.15, 0.2) is 36.0 Å². The summed E-state index contributed by atoms with van der Waals surface area (Å²) in [6, 6.07) is 7.26. The Hall–Kier alpha value is -4.28. The smallest absolute Gasteiger partial charge is 0.254 e. The summed E-state index contributed by atoms with van der Waals surface area (Å²) < 4.78 is 1.57. The lowest BCUT2D eigenvalue weighted by atomic mass is 10.1. The van der Waals surface area contributed by atoms with Crippen LogP contribution in [0.1, 0.15) is 36.4 Å². The van der Waals surface area contributed by atoms with Gasteiger partial charge in [-0.1, -0.05) is 18.2 Å². The van der Waals surface area contributed by atoms with E-state index in [2.05, 4.69) is 31.0 Å². The Balaban J connectivity index is 1.42. The van der Waals surface area contributed by atoms with E-state index in [1.807, 2.05) is 24.3 Å². The van der Waals surface area contributed by atoms with Gasteiger partial charge in [-0.3, -0.25) is 19.7 Å². The quantitative estimate of drug-likeness (QED) is 0.396. The van der Waals surface area contributed by atoms with E-state index in [0.717, 1.165) is 24.1 Å². The summed E-state index contributed by atoms with van der Waals surface area (Å²) in [5.41, 5.74) is 3.07. The molecule has 33 heavy (non-hydrogen) atoms. The third-order valence-electron chi connectivity index (χ3n) is 5.99. The van der Waals surface area contributed by atoms with E-state index in [1.54, 1.807) is 28.7 Å². The van der Waals surface area contributed by atoms with Crippen LogP contribution < -0.4 is 20.9 Å². The first kappa shape index (κ1) is 19.4. The Bertz CT molecular complexity index is 1370. The second-order valence-electron chi connectivity index (χ2n) is 8.38. The number of nitrogens with zero attached hydrogens (tertiary/aromatic N) is 5. The lowest BCUT2D eigenvalue weighted by Gasteiger charge is -2.14. The Labute approximate surface area is 187 Å². The van der Waals surface area contributed by atoms with Crippen molar-refractivity contribution >= 4 is 47.0 Å². The van der Waals surface area contributed by atoms with E-state index in [9.17, 15) is 14.4 Å². The van der Waals surface area contributed by atoms with Crippen LogP contribution in [0.4, 0.5) is 17.6 Å². The highest BCUT2D eigenvalue weighted by Gasteiger charge is 2.36. The summed E-state index contributed by atoms with van der Waals surface area (Å²) in [5.74, 6) is -0.0964. The van der Waals surface area contributed by atoms with Crippen molar-refractivity contribution in [2.45, 2.75) is 31.3 Å². The largest absolute Gasteiger partial charge is 0.351 e. The van der Waals surface area contributed by atoms with Crippen LogP contribution in [-0.4, -0.2) is 50.4 Å². The first-order valence-corrected chi connectivity index (χ1v) is 10.7. The van der Waals surface area contributed by atoms with Crippen LogP contribution in [0, 0.1) is 0 Å². The molecule has 1 saturated heterocycles. The summed E-state index contributed by atoms with van der Waals surface area (Å²) >= 11 is 0. The first-order valence-electron chi connectivity index (χ1n) is 10.7. The minimum Gasteiger partial charge on any atom is -0.351 e. The van der Waals surface area contributed by atoms with Gasteiger partial charge in [-0.25, -0.2) is 0 Å². The molecule has 0 radical (unpaired) electrons. The number of imide groups is 1. The molecule has 3 N–H and O–H groups in total. The van der Waals surface area contributed by atoms with Crippen LogP contribution in [0.25, 0.3) is 11.7 Å². The van der Waals surface area contributed by atoms with Gasteiger partial charge in [0.1, 0.15) is 6.04 Å². The van der Waals surface area contributed by atoms with E-state index in [1.165, 1.54) is 0 Å². The summed E-state index contributed by atoms with van der Waals surface area (Å²) in [5, 5.41) is 13.2. The number of carbonyl (C=O) groups is 3. The number of fused-ring (bicyclic) bond motifs is 2. The van der Waals surface area contributed by atoms with Gasteiger partial charge in [-0.05, 0) is 25.0 Å². The average molecular weight is 444 g/mol. The predicted octanol–water partition coefficient (Wildman–Crippen LogP) is 1.26. The van der Waals surface area contributed by atoms with Gasteiger partial charge in [0, 0.05) is 35.5 Å². The molecule has 2 fully saturated rings. The average Bonchev–Trinajstić information content (AvgIpc) is 3.37. The highest BCUT2D eigenvalue weighted by molar-refractivity contribution is 6.15. The van der Waals surface area contributed by atoms with Crippen molar-refractivity contribution in [3.63, 3.8) is 0 Å². The van der Waals surface area contributed by atoms with Crippen molar-refractivity contribution in [3.05, 3.63) is 47.2 Å². The molecule has 0 spiro atoms. The van der Waals surface area contributed by atoms with Gasteiger partial charge >= 0.3 is 0 Å². The lowest BCUT2D eigenvalue weighted by molar-refractivity contribution is -0.124. The Morgan fingerprint density at radius 2 is 1.94 bits per heavy atom. The maximum Gasteiger partial charge on any atom is 0.254 e. The third-order valence-corrected chi connectivity index (χ3v) is 5.99. The number of amides is 3. The Morgan fingerprint density at radius 3 is 2.70 bits per heavy atom. The van der Waals surface area contributed by atoms with E-state index in [4.69, 9.17) is 0 Å². The molecular formula is C22H20N8O3. The van der Waals surface area contributed by atoms with Crippen molar-refractivity contribution in [1.82, 2.24) is 24.9 Å². The van der Waals surface area contributed by atoms with Gasteiger partial charge in [0.15, 0.2) is 5.65 Å². The minimum absolute atomic E-state index is 0.0131. The topological polar surface area (TPSA) is 134 Å². The molecular weight excluding hydrogens is 424 g/mol. The van der Waals surface area contributed by atoms with Crippen LogP contribution in [0.2, 0.25) is 0 Å². The highest BCUT2D eigenvalue weighted by atomic mass is 16.2. The van der Waals surface area contributed by atoms with Gasteiger partial charge in [0.05, 0.1) is 12.6 Å². The number of hydrogen-bond acceptors (Lipinski definition) is 8. The molecule has 1 aliphatic carbocycles. The zero-order valence-electron chi connectivity index (χ0n) is 17.7. The van der Waals surface area contributed by atoms with Gasteiger partial charge in [-0.15, -0.1) is 0 Å². The molecule has 1 saturated carbocycles. The van der Waals surface area contributed by atoms with Gasteiger partial charge in [0.25, 0.3) is 11.8 Å². The van der Waals surface area contributed by atoms with Crippen LogP contribution in [0.3, 0.4) is 0 Å². The zero-order chi connectivity index (χ0) is 22.7. The molecule has 3 aliphatic rings. The number of benzene rings is 1. The fourth-order valence-corrected chi connectivity index (χ4v) is 4.12. The number of aromatic nitrogens is 4. The number of rotatable bonds is 5. The van der Waals surface area contributed by atoms with Crippen molar-refractivity contribution in [1.29, 1.82) is 0 Å². The van der Waals surface area contributed by atoms with Gasteiger partial charge in [-0.2, -0.15) is 19.6 Å². The minimum atomic E-state index is -0.620. The molecule has 2 aromatic heterocycles. The van der Waals surface area contributed by atoms with Crippen molar-refractivity contribution in [3.8, 4) is 0 Å². The van der Waals surface area contributed by atoms with E-state index < -0.39 is 11.9 Å². The number of carbonyl (C=O) groups excluding carboxylic acids is 3. The highest BCUT2D eigenvalue weighted by Crippen LogP contribution is 2.36. The number of anilines is 3. The molecule has 3 amide bonds. The van der Waals surface area contributed by atoms with Gasteiger partial charge in [0.2, 0.25) is 17.8 Å². The monoisotopic (exact) mass is 444 g/mol. The molecule has 1 aromatic carbocycles. The van der Waals surface area contributed by atoms with E-state index in [0.29, 0.717) is 28.8 Å². The second kappa shape index (κ2) is 7.12.